The third-order valence-electron chi connectivity index (χ3n) is 3.27. The van der Waals surface area contributed by atoms with Crippen LogP contribution < -0.4 is 5.32 Å². The van der Waals surface area contributed by atoms with Gasteiger partial charge in [0.05, 0.1) is 0 Å². The van der Waals surface area contributed by atoms with Crippen molar-refractivity contribution < 1.29 is 0 Å². The summed E-state index contributed by atoms with van der Waals surface area (Å²) in [6.45, 7) is 4.35. The predicted molar refractivity (Wildman–Crippen MR) is 83.8 cm³/mol. The number of nitrogens with one attached hydrogen (secondary N) is 1. The first-order valence-electron chi connectivity index (χ1n) is 6.75. The van der Waals surface area contributed by atoms with Gasteiger partial charge in [0, 0.05) is 15.8 Å². The maximum Gasteiger partial charge on any atom is 0.0326 e. The van der Waals surface area contributed by atoms with E-state index >= 15 is 0 Å². The molecule has 0 aliphatic heterocycles. The van der Waals surface area contributed by atoms with Gasteiger partial charge in [-0.2, -0.15) is 0 Å². The van der Waals surface area contributed by atoms with Crippen molar-refractivity contribution in [1.29, 1.82) is 0 Å². The van der Waals surface area contributed by atoms with Crippen LogP contribution in [0.1, 0.15) is 30.5 Å². The van der Waals surface area contributed by atoms with Crippen LogP contribution in [-0.4, -0.2) is 7.05 Å². The van der Waals surface area contributed by atoms with E-state index in [0.717, 1.165) is 6.42 Å². The molecule has 19 heavy (non-hydrogen) atoms. The molecule has 100 valence electrons. The summed E-state index contributed by atoms with van der Waals surface area (Å²) in [7, 11) is 2.03. The van der Waals surface area contributed by atoms with Crippen LogP contribution in [0.25, 0.3) is 0 Å². The van der Waals surface area contributed by atoms with Gasteiger partial charge in [-0.25, -0.2) is 0 Å². The second kappa shape index (κ2) is 6.78. The van der Waals surface area contributed by atoms with E-state index in [1.165, 1.54) is 20.9 Å². The molecule has 2 aromatic rings. The number of hydrogen-bond donors (Lipinski definition) is 1. The molecule has 1 unspecified atom stereocenters. The standard InChI is InChI=1S/C17H21NS/c1-4-16(18-3)15-10-5-6-11-17(15)19-14-9-7-8-13(2)12-14/h5-12,16,18H,4H2,1-3H3. The van der Waals surface area contributed by atoms with E-state index in [0.29, 0.717) is 6.04 Å². The molecule has 0 heterocycles. The molecule has 0 amide bonds. The average Bonchev–Trinajstić information content (AvgIpc) is 2.42. The lowest BCUT2D eigenvalue weighted by atomic mass is 10.1. The molecule has 0 spiro atoms. The minimum absolute atomic E-state index is 0.425. The summed E-state index contributed by atoms with van der Waals surface area (Å²) in [5.74, 6) is 0. The van der Waals surface area contributed by atoms with Crippen molar-refractivity contribution in [3.05, 3.63) is 59.7 Å². The maximum atomic E-state index is 3.39. The molecular weight excluding hydrogens is 250 g/mol. The molecule has 0 fully saturated rings. The lowest BCUT2D eigenvalue weighted by molar-refractivity contribution is 0.568. The predicted octanol–water partition coefficient (Wildman–Crippen LogP) is 4.82. The largest absolute Gasteiger partial charge is 0.313 e. The molecule has 1 N–H and O–H groups in total. The van der Waals surface area contributed by atoms with E-state index in [-0.39, 0.29) is 0 Å². The zero-order chi connectivity index (χ0) is 13.7. The number of hydrogen-bond acceptors (Lipinski definition) is 2. The highest BCUT2D eigenvalue weighted by Crippen LogP contribution is 2.34. The average molecular weight is 271 g/mol. The van der Waals surface area contributed by atoms with Crippen molar-refractivity contribution in [2.45, 2.75) is 36.1 Å². The molecule has 0 radical (unpaired) electrons. The SMILES string of the molecule is CCC(NC)c1ccccc1Sc1cccc(C)c1. The van der Waals surface area contributed by atoms with Gasteiger partial charge in [-0.15, -0.1) is 0 Å². The smallest absolute Gasteiger partial charge is 0.0326 e. The Morgan fingerprint density at radius 2 is 1.89 bits per heavy atom. The van der Waals surface area contributed by atoms with Crippen LogP contribution in [0.5, 0.6) is 0 Å². The first-order chi connectivity index (χ1) is 9.24. The molecule has 1 atom stereocenters. The zero-order valence-electron chi connectivity index (χ0n) is 11.8. The van der Waals surface area contributed by atoms with Gasteiger partial charge in [0.25, 0.3) is 0 Å². The highest BCUT2D eigenvalue weighted by atomic mass is 32.2. The van der Waals surface area contributed by atoms with Gasteiger partial charge in [-0.1, -0.05) is 54.6 Å². The Labute approximate surface area is 120 Å². The van der Waals surface area contributed by atoms with Crippen LogP contribution in [0, 0.1) is 6.92 Å². The summed E-state index contributed by atoms with van der Waals surface area (Å²) in [6.07, 6.45) is 1.10. The van der Waals surface area contributed by atoms with Crippen molar-refractivity contribution in [2.75, 3.05) is 7.05 Å². The van der Waals surface area contributed by atoms with Gasteiger partial charge in [-0.3, -0.25) is 0 Å². The first-order valence-corrected chi connectivity index (χ1v) is 7.57. The summed E-state index contributed by atoms with van der Waals surface area (Å²) in [6, 6.07) is 17.8. The second-order valence-corrected chi connectivity index (χ2v) is 5.82. The Hall–Kier alpha value is -1.25. The van der Waals surface area contributed by atoms with Crippen LogP contribution in [0.15, 0.2) is 58.3 Å². The topological polar surface area (TPSA) is 12.0 Å². The molecule has 2 aromatic carbocycles. The van der Waals surface area contributed by atoms with E-state index in [1.54, 1.807) is 0 Å². The monoisotopic (exact) mass is 271 g/mol. The summed E-state index contributed by atoms with van der Waals surface area (Å²) in [5.41, 5.74) is 2.70. The normalized spacial score (nSPS) is 12.4. The minimum atomic E-state index is 0.425. The fourth-order valence-electron chi connectivity index (χ4n) is 2.25. The highest BCUT2D eigenvalue weighted by Gasteiger charge is 2.11. The molecule has 0 aliphatic rings. The summed E-state index contributed by atoms with van der Waals surface area (Å²) < 4.78 is 0. The van der Waals surface area contributed by atoms with Crippen LogP contribution >= 0.6 is 11.8 Å². The van der Waals surface area contributed by atoms with Crippen LogP contribution in [0.3, 0.4) is 0 Å². The number of benzene rings is 2. The van der Waals surface area contributed by atoms with Crippen LogP contribution in [0.4, 0.5) is 0 Å². The van der Waals surface area contributed by atoms with E-state index in [4.69, 9.17) is 0 Å². The van der Waals surface area contributed by atoms with Crippen molar-refractivity contribution in [2.24, 2.45) is 0 Å². The Bertz CT molecular complexity index is 532. The van der Waals surface area contributed by atoms with E-state index in [2.05, 4.69) is 67.7 Å². The maximum absolute atomic E-state index is 3.39. The van der Waals surface area contributed by atoms with Gasteiger partial charge < -0.3 is 5.32 Å². The number of aryl methyl sites for hydroxylation is 1. The van der Waals surface area contributed by atoms with E-state index < -0.39 is 0 Å². The third kappa shape index (κ3) is 3.62. The van der Waals surface area contributed by atoms with Crippen molar-refractivity contribution >= 4 is 11.8 Å². The van der Waals surface area contributed by atoms with Gasteiger partial charge in [-0.05, 0) is 44.2 Å². The third-order valence-corrected chi connectivity index (χ3v) is 4.35. The molecule has 2 rings (SSSR count). The van der Waals surface area contributed by atoms with Crippen LogP contribution in [0.2, 0.25) is 0 Å². The van der Waals surface area contributed by atoms with Crippen molar-refractivity contribution in [3.8, 4) is 0 Å². The van der Waals surface area contributed by atoms with Crippen molar-refractivity contribution in [3.63, 3.8) is 0 Å². The molecule has 0 saturated carbocycles. The van der Waals surface area contributed by atoms with E-state index in [9.17, 15) is 0 Å². The minimum Gasteiger partial charge on any atom is -0.313 e. The van der Waals surface area contributed by atoms with Crippen LogP contribution in [-0.2, 0) is 0 Å². The summed E-state index contributed by atoms with van der Waals surface area (Å²) >= 11 is 1.85. The molecule has 0 saturated heterocycles. The zero-order valence-corrected chi connectivity index (χ0v) is 12.6. The van der Waals surface area contributed by atoms with Gasteiger partial charge in [0.2, 0.25) is 0 Å². The fourth-order valence-corrected chi connectivity index (χ4v) is 3.37. The second-order valence-electron chi connectivity index (χ2n) is 4.71. The lowest BCUT2D eigenvalue weighted by Gasteiger charge is -2.18. The molecule has 1 nitrogen and oxygen atoms in total. The molecule has 0 aromatic heterocycles. The fraction of sp³-hybridized carbons (Fsp3) is 0.294. The highest BCUT2D eigenvalue weighted by molar-refractivity contribution is 7.99. The Balaban J connectivity index is 2.30. The molecule has 2 heteroatoms. The Morgan fingerprint density at radius 1 is 1.11 bits per heavy atom. The Morgan fingerprint density at radius 3 is 2.58 bits per heavy atom. The number of rotatable bonds is 5. The molecular formula is C17H21NS. The summed E-state index contributed by atoms with van der Waals surface area (Å²) in [4.78, 5) is 2.65. The van der Waals surface area contributed by atoms with Crippen molar-refractivity contribution in [1.82, 2.24) is 5.32 Å². The molecule has 0 bridgehead atoms. The summed E-state index contributed by atoms with van der Waals surface area (Å²) in [5, 5.41) is 3.39. The quantitative estimate of drug-likeness (QED) is 0.837. The van der Waals surface area contributed by atoms with E-state index in [1.807, 2.05) is 18.8 Å². The van der Waals surface area contributed by atoms with Gasteiger partial charge in [0.1, 0.15) is 0 Å². The van der Waals surface area contributed by atoms with Gasteiger partial charge >= 0.3 is 0 Å². The van der Waals surface area contributed by atoms with Gasteiger partial charge in [0.15, 0.2) is 0 Å². The first kappa shape index (κ1) is 14.2. The Kier molecular flexibility index (Phi) is 5.06. The lowest BCUT2D eigenvalue weighted by Crippen LogP contribution is -2.15. The molecule has 0 aliphatic carbocycles.